The molecule has 0 bridgehead atoms. The summed E-state index contributed by atoms with van der Waals surface area (Å²) in [7, 11) is 0. The Labute approximate surface area is 134 Å². The summed E-state index contributed by atoms with van der Waals surface area (Å²) in [6.45, 7) is 4.78. The molecule has 2 amide bonds. The van der Waals surface area contributed by atoms with E-state index in [1.165, 1.54) is 32.1 Å². The minimum atomic E-state index is -0.542. The molecular weight excluding hydrogens is 278 g/mol. The molecule has 3 N–H and O–H groups in total. The molecule has 2 aliphatic rings. The molecule has 0 spiro atoms. The molecule has 0 radical (unpaired) electrons. The van der Waals surface area contributed by atoms with Crippen LogP contribution in [0.4, 0.5) is 0 Å². The van der Waals surface area contributed by atoms with Gasteiger partial charge in [0.1, 0.15) is 0 Å². The molecule has 0 unspecified atom stereocenters. The molecule has 5 heteroatoms. The Morgan fingerprint density at radius 2 is 1.77 bits per heavy atom. The highest BCUT2D eigenvalue weighted by Gasteiger charge is 2.32. The summed E-state index contributed by atoms with van der Waals surface area (Å²) < 4.78 is 0. The largest absolute Gasteiger partial charge is 0.346 e. The van der Waals surface area contributed by atoms with Gasteiger partial charge >= 0.3 is 0 Å². The zero-order valence-corrected chi connectivity index (χ0v) is 14.0. The fourth-order valence-electron chi connectivity index (χ4n) is 3.11. The molecule has 0 aromatic rings. The summed E-state index contributed by atoms with van der Waals surface area (Å²) in [5.41, 5.74) is 5.82. The van der Waals surface area contributed by atoms with Crippen LogP contribution in [0.3, 0.4) is 0 Å². The Balaban J connectivity index is 1.86. The van der Waals surface area contributed by atoms with Crippen LogP contribution in [0.1, 0.15) is 58.8 Å². The quantitative estimate of drug-likeness (QED) is 0.751. The Morgan fingerprint density at radius 1 is 1.14 bits per heavy atom. The van der Waals surface area contributed by atoms with Crippen molar-refractivity contribution in [2.24, 2.45) is 17.6 Å². The van der Waals surface area contributed by atoms with Crippen molar-refractivity contribution in [2.75, 3.05) is 13.1 Å². The van der Waals surface area contributed by atoms with Crippen LogP contribution in [0.15, 0.2) is 0 Å². The predicted molar refractivity (Wildman–Crippen MR) is 87.1 cm³/mol. The van der Waals surface area contributed by atoms with Crippen LogP contribution in [0.2, 0.25) is 0 Å². The van der Waals surface area contributed by atoms with Gasteiger partial charge in [-0.1, -0.05) is 33.1 Å². The summed E-state index contributed by atoms with van der Waals surface area (Å²) in [5, 5.41) is 2.72. The first-order chi connectivity index (χ1) is 10.5. The molecule has 2 fully saturated rings. The van der Waals surface area contributed by atoms with Gasteiger partial charge in [-0.15, -0.1) is 0 Å². The average molecular weight is 309 g/mol. The van der Waals surface area contributed by atoms with E-state index in [1.54, 1.807) is 0 Å². The van der Waals surface area contributed by atoms with E-state index < -0.39 is 6.04 Å². The summed E-state index contributed by atoms with van der Waals surface area (Å²) in [5.74, 6) is 0.594. The number of hydrogen-bond donors (Lipinski definition) is 2. The van der Waals surface area contributed by atoms with Gasteiger partial charge in [0.2, 0.25) is 11.8 Å². The lowest BCUT2D eigenvalue weighted by Crippen LogP contribution is -2.50. The first-order valence-electron chi connectivity index (χ1n) is 8.81. The van der Waals surface area contributed by atoms with Crippen LogP contribution in [-0.4, -0.2) is 41.9 Å². The van der Waals surface area contributed by atoms with E-state index in [4.69, 9.17) is 5.73 Å². The monoisotopic (exact) mass is 309 g/mol. The Morgan fingerprint density at radius 3 is 2.32 bits per heavy atom. The highest BCUT2D eigenvalue weighted by atomic mass is 16.2. The van der Waals surface area contributed by atoms with Crippen LogP contribution in [0.5, 0.6) is 0 Å². The second kappa shape index (κ2) is 7.95. The third kappa shape index (κ3) is 4.97. The maximum Gasteiger partial charge on any atom is 0.242 e. The number of nitrogens with zero attached hydrogens (tertiary/aromatic N) is 1. The number of nitrogens with one attached hydrogen (secondary N) is 1. The number of hydrogen-bond acceptors (Lipinski definition) is 3. The molecule has 0 aromatic carbocycles. The number of amides is 2. The second-order valence-corrected chi connectivity index (χ2v) is 7.27. The minimum Gasteiger partial charge on any atom is -0.346 e. The van der Waals surface area contributed by atoms with Crippen molar-refractivity contribution < 1.29 is 9.59 Å². The Hall–Kier alpha value is -1.10. The molecule has 2 rings (SSSR count). The predicted octanol–water partition coefficient (Wildman–Crippen LogP) is 1.66. The topological polar surface area (TPSA) is 75.4 Å². The van der Waals surface area contributed by atoms with Crippen molar-refractivity contribution >= 4 is 11.8 Å². The van der Waals surface area contributed by atoms with Gasteiger partial charge in [-0.25, -0.2) is 0 Å². The van der Waals surface area contributed by atoms with Gasteiger partial charge in [0.25, 0.3) is 0 Å². The lowest BCUT2D eigenvalue weighted by molar-refractivity contribution is -0.136. The number of carbonyl (C=O) groups is 2. The van der Waals surface area contributed by atoms with E-state index in [9.17, 15) is 9.59 Å². The minimum absolute atomic E-state index is 0.0584. The molecule has 2 aliphatic carbocycles. The third-order valence-electron chi connectivity index (χ3n) is 4.92. The van der Waals surface area contributed by atoms with Crippen molar-refractivity contribution in [3.63, 3.8) is 0 Å². The van der Waals surface area contributed by atoms with E-state index in [0.717, 1.165) is 19.4 Å². The van der Waals surface area contributed by atoms with Crippen molar-refractivity contribution in [1.82, 2.24) is 10.2 Å². The summed E-state index contributed by atoms with van der Waals surface area (Å²) >= 11 is 0. The fourth-order valence-corrected chi connectivity index (χ4v) is 3.11. The van der Waals surface area contributed by atoms with E-state index in [2.05, 4.69) is 5.32 Å². The van der Waals surface area contributed by atoms with Gasteiger partial charge in [-0.2, -0.15) is 0 Å². The molecular formula is C17H31N3O2. The normalized spacial score (nSPS) is 20.7. The highest BCUT2D eigenvalue weighted by molar-refractivity contribution is 5.87. The average Bonchev–Trinajstić information content (AvgIpc) is 3.34. The molecule has 0 aromatic heterocycles. The van der Waals surface area contributed by atoms with E-state index in [0.29, 0.717) is 12.0 Å². The van der Waals surface area contributed by atoms with Crippen molar-refractivity contribution in [2.45, 2.75) is 70.9 Å². The molecule has 2 saturated carbocycles. The molecule has 126 valence electrons. The van der Waals surface area contributed by atoms with Crippen molar-refractivity contribution in [3.05, 3.63) is 0 Å². The molecule has 0 heterocycles. The molecule has 0 aliphatic heterocycles. The van der Waals surface area contributed by atoms with Gasteiger partial charge in [0, 0.05) is 12.6 Å². The molecule has 0 saturated heterocycles. The van der Waals surface area contributed by atoms with Crippen LogP contribution in [-0.2, 0) is 9.59 Å². The lowest BCUT2D eigenvalue weighted by Gasteiger charge is -2.34. The number of rotatable bonds is 7. The maximum absolute atomic E-state index is 12.6. The van der Waals surface area contributed by atoms with Crippen LogP contribution >= 0.6 is 0 Å². The number of carbonyl (C=O) groups excluding carboxylic acids is 2. The van der Waals surface area contributed by atoms with E-state index in [-0.39, 0.29) is 24.3 Å². The third-order valence-corrected chi connectivity index (χ3v) is 4.92. The van der Waals surface area contributed by atoms with Gasteiger partial charge in [0.15, 0.2) is 0 Å². The van der Waals surface area contributed by atoms with Gasteiger partial charge in [-0.3, -0.25) is 9.59 Å². The second-order valence-electron chi connectivity index (χ2n) is 7.27. The van der Waals surface area contributed by atoms with E-state index >= 15 is 0 Å². The smallest absolute Gasteiger partial charge is 0.242 e. The van der Waals surface area contributed by atoms with Gasteiger partial charge < -0.3 is 16.0 Å². The molecule has 22 heavy (non-hydrogen) atoms. The van der Waals surface area contributed by atoms with Crippen molar-refractivity contribution in [1.29, 1.82) is 0 Å². The number of nitrogens with two attached hydrogens (primary N) is 1. The Kier molecular flexibility index (Phi) is 6.24. The molecule has 1 atom stereocenters. The lowest BCUT2D eigenvalue weighted by atomic mass is 9.94. The van der Waals surface area contributed by atoms with Gasteiger partial charge in [0.05, 0.1) is 12.6 Å². The maximum atomic E-state index is 12.6. The first-order valence-corrected chi connectivity index (χ1v) is 8.81. The first kappa shape index (κ1) is 17.3. The highest BCUT2D eigenvalue weighted by Crippen LogP contribution is 2.32. The van der Waals surface area contributed by atoms with Crippen LogP contribution in [0, 0.1) is 11.8 Å². The fraction of sp³-hybridized carbons (Fsp3) is 0.882. The van der Waals surface area contributed by atoms with Crippen LogP contribution in [0.25, 0.3) is 0 Å². The van der Waals surface area contributed by atoms with Gasteiger partial charge in [-0.05, 0) is 37.5 Å². The standard InChI is InChI=1S/C17H31N3O2/c1-12(2)16(18)17(22)19-10-15(21)20(11-13-8-9-13)14-6-4-3-5-7-14/h12-14,16H,3-11,18H2,1-2H3,(H,19,22)/t16-/m0/s1. The van der Waals surface area contributed by atoms with Crippen molar-refractivity contribution in [3.8, 4) is 0 Å². The van der Waals surface area contributed by atoms with E-state index in [1.807, 2.05) is 18.7 Å². The Bertz CT molecular complexity index is 387. The summed E-state index contributed by atoms with van der Waals surface area (Å²) in [6, 6.07) is -0.170. The summed E-state index contributed by atoms with van der Waals surface area (Å²) in [6.07, 6.45) is 8.40. The van der Waals surface area contributed by atoms with Crippen LogP contribution < -0.4 is 11.1 Å². The zero-order valence-electron chi connectivity index (χ0n) is 14.0. The molecule has 5 nitrogen and oxygen atoms in total. The summed E-state index contributed by atoms with van der Waals surface area (Å²) in [4.78, 5) is 26.5. The SMILES string of the molecule is CC(C)[C@H](N)C(=O)NCC(=O)N(CC1CC1)C1CCCCC1. The zero-order chi connectivity index (χ0) is 16.1.